The van der Waals surface area contributed by atoms with E-state index in [4.69, 9.17) is 4.74 Å². The summed E-state index contributed by atoms with van der Waals surface area (Å²) < 4.78 is 5.25. The van der Waals surface area contributed by atoms with E-state index in [2.05, 4.69) is 5.32 Å². The number of phenols is 1. The molecule has 1 heterocycles. The van der Waals surface area contributed by atoms with Crippen molar-refractivity contribution in [2.75, 3.05) is 19.8 Å². The van der Waals surface area contributed by atoms with Crippen LogP contribution in [0.4, 0.5) is 5.69 Å². The summed E-state index contributed by atoms with van der Waals surface area (Å²) >= 11 is 0. The first-order valence-corrected chi connectivity index (χ1v) is 4.97. The number of hydrogen-bond acceptors (Lipinski definition) is 5. The number of benzene rings is 1. The van der Waals surface area contributed by atoms with Gasteiger partial charge in [-0.2, -0.15) is 0 Å². The molecule has 1 atom stereocenters. The first kappa shape index (κ1) is 10.8. The van der Waals surface area contributed by atoms with Crippen LogP contribution in [0, 0.1) is 10.1 Å². The van der Waals surface area contributed by atoms with Crippen molar-refractivity contribution in [2.45, 2.75) is 6.04 Å². The van der Waals surface area contributed by atoms with Gasteiger partial charge in [0.25, 0.3) is 5.69 Å². The predicted octanol–water partition coefficient (Wildman–Crippen LogP) is 0.961. The summed E-state index contributed by atoms with van der Waals surface area (Å²) in [5.41, 5.74) is 0.481. The second-order valence-corrected chi connectivity index (χ2v) is 3.58. The van der Waals surface area contributed by atoms with E-state index in [0.717, 1.165) is 0 Å². The Kier molecular flexibility index (Phi) is 3.02. The number of rotatable bonds is 2. The highest BCUT2D eigenvalue weighted by Crippen LogP contribution is 2.29. The fourth-order valence-corrected chi connectivity index (χ4v) is 1.70. The highest BCUT2D eigenvalue weighted by Gasteiger charge is 2.21. The third kappa shape index (κ3) is 2.12. The summed E-state index contributed by atoms with van der Waals surface area (Å²) in [4.78, 5) is 10.1. The van der Waals surface area contributed by atoms with Crippen molar-refractivity contribution >= 4 is 5.69 Å². The van der Waals surface area contributed by atoms with Crippen LogP contribution >= 0.6 is 0 Å². The number of nitro benzene ring substituents is 1. The van der Waals surface area contributed by atoms with E-state index < -0.39 is 4.92 Å². The highest BCUT2D eigenvalue weighted by atomic mass is 16.6. The van der Waals surface area contributed by atoms with Crippen LogP contribution in [0.15, 0.2) is 18.2 Å². The fraction of sp³-hybridized carbons (Fsp3) is 0.400. The van der Waals surface area contributed by atoms with Crippen LogP contribution in [0.5, 0.6) is 5.75 Å². The molecule has 0 saturated carbocycles. The summed E-state index contributed by atoms with van der Waals surface area (Å²) in [6.45, 7) is 1.70. The van der Waals surface area contributed by atoms with E-state index in [-0.39, 0.29) is 17.5 Å². The standard InChI is InChI=1S/C10H12N2O4/c13-10-2-1-7(12(14)15)5-8(10)9-6-16-4-3-11-9/h1-2,5,9,11,13H,3-4,6H2. The van der Waals surface area contributed by atoms with Gasteiger partial charge in [-0.15, -0.1) is 0 Å². The minimum atomic E-state index is -0.480. The molecule has 0 aliphatic carbocycles. The Balaban J connectivity index is 2.30. The van der Waals surface area contributed by atoms with Crippen molar-refractivity contribution < 1.29 is 14.8 Å². The highest BCUT2D eigenvalue weighted by molar-refractivity contribution is 5.44. The summed E-state index contributed by atoms with van der Waals surface area (Å²) in [5.74, 6) is 0.0496. The van der Waals surface area contributed by atoms with E-state index in [1.54, 1.807) is 0 Å². The molecule has 1 aromatic rings. The lowest BCUT2D eigenvalue weighted by molar-refractivity contribution is -0.385. The van der Waals surface area contributed by atoms with Gasteiger partial charge in [-0.3, -0.25) is 10.1 Å². The Hall–Kier alpha value is -1.66. The lowest BCUT2D eigenvalue weighted by Gasteiger charge is -2.24. The Bertz CT molecular complexity index is 402. The molecule has 1 unspecified atom stereocenters. The molecular formula is C10H12N2O4. The van der Waals surface area contributed by atoms with Crippen molar-refractivity contribution in [3.8, 4) is 5.75 Å². The van der Waals surface area contributed by atoms with Crippen LogP contribution in [-0.4, -0.2) is 29.8 Å². The van der Waals surface area contributed by atoms with E-state index >= 15 is 0 Å². The molecule has 1 fully saturated rings. The van der Waals surface area contributed by atoms with E-state index in [0.29, 0.717) is 25.3 Å². The van der Waals surface area contributed by atoms with Crippen molar-refractivity contribution in [2.24, 2.45) is 0 Å². The zero-order valence-electron chi connectivity index (χ0n) is 8.55. The normalized spacial score (nSPS) is 20.6. The van der Waals surface area contributed by atoms with Crippen molar-refractivity contribution in [3.05, 3.63) is 33.9 Å². The van der Waals surface area contributed by atoms with Gasteiger partial charge in [0, 0.05) is 24.2 Å². The van der Waals surface area contributed by atoms with Crippen LogP contribution in [0.3, 0.4) is 0 Å². The average Bonchev–Trinajstić information content (AvgIpc) is 2.30. The topological polar surface area (TPSA) is 84.6 Å². The second kappa shape index (κ2) is 4.46. The second-order valence-electron chi connectivity index (χ2n) is 3.58. The number of nitrogens with zero attached hydrogens (tertiary/aromatic N) is 1. The third-order valence-corrected chi connectivity index (χ3v) is 2.52. The number of aromatic hydroxyl groups is 1. The smallest absolute Gasteiger partial charge is 0.270 e. The molecule has 0 spiro atoms. The first-order valence-electron chi connectivity index (χ1n) is 4.97. The number of non-ortho nitro benzene ring substituents is 1. The monoisotopic (exact) mass is 224 g/mol. The van der Waals surface area contributed by atoms with Gasteiger partial charge in [-0.25, -0.2) is 0 Å². The lowest BCUT2D eigenvalue weighted by atomic mass is 10.0. The molecule has 1 saturated heterocycles. The third-order valence-electron chi connectivity index (χ3n) is 2.52. The molecule has 0 amide bonds. The van der Waals surface area contributed by atoms with E-state index in [9.17, 15) is 15.2 Å². The van der Waals surface area contributed by atoms with Crippen LogP contribution in [0.25, 0.3) is 0 Å². The molecule has 1 aliphatic heterocycles. The van der Waals surface area contributed by atoms with E-state index in [1.165, 1.54) is 18.2 Å². The number of ether oxygens (including phenoxy) is 1. The Morgan fingerprint density at radius 3 is 3.00 bits per heavy atom. The van der Waals surface area contributed by atoms with Crippen LogP contribution in [0.1, 0.15) is 11.6 Å². The Morgan fingerprint density at radius 1 is 1.56 bits per heavy atom. The van der Waals surface area contributed by atoms with Crippen LogP contribution in [-0.2, 0) is 4.74 Å². The molecule has 86 valence electrons. The Labute approximate surface area is 92.0 Å². The lowest BCUT2D eigenvalue weighted by Crippen LogP contribution is -2.34. The SMILES string of the molecule is O=[N+]([O-])c1ccc(O)c(C2COCCN2)c1. The molecule has 1 aliphatic rings. The zero-order valence-corrected chi connectivity index (χ0v) is 8.55. The summed E-state index contributed by atoms with van der Waals surface area (Å²) in [6, 6.07) is 3.81. The van der Waals surface area contributed by atoms with Gasteiger partial charge >= 0.3 is 0 Å². The first-order chi connectivity index (χ1) is 7.68. The molecular weight excluding hydrogens is 212 g/mol. The maximum Gasteiger partial charge on any atom is 0.270 e. The largest absolute Gasteiger partial charge is 0.508 e. The Morgan fingerprint density at radius 2 is 2.38 bits per heavy atom. The summed E-state index contributed by atoms with van der Waals surface area (Å²) in [7, 11) is 0. The van der Waals surface area contributed by atoms with Gasteiger partial charge in [-0.1, -0.05) is 0 Å². The molecule has 2 N–H and O–H groups in total. The fourth-order valence-electron chi connectivity index (χ4n) is 1.70. The average molecular weight is 224 g/mol. The number of hydrogen-bond donors (Lipinski definition) is 2. The van der Waals surface area contributed by atoms with Crippen molar-refractivity contribution in [3.63, 3.8) is 0 Å². The molecule has 0 bridgehead atoms. The maximum atomic E-state index is 10.6. The van der Waals surface area contributed by atoms with Gasteiger partial charge in [0.2, 0.25) is 0 Å². The van der Waals surface area contributed by atoms with Crippen LogP contribution in [0.2, 0.25) is 0 Å². The van der Waals surface area contributed by atoms with Gasteiger partial charge in [0.1, 0.15) is 5.75 Å². The minimum absolute atomic E-state index is 0.0276. The number of nitrogens with one attached hydrogen (secondary N) is 1. The minimum Gasteiger partial charge on any atom is -0.508 e. The molecule has 6 nitrogen and oxygen atoms in total. The molecule has 6 heteroatoms. The molecule has 16 heavy (non-hydrogen) atoms. The van der Waals surface area contributed by atoms with Gasteiger partial charge in [-0.05, 0) is 6.07 Å². The number of nitro groups is 1. The van der Waals surface area contributed by atoms with Gasteiger partial charge < -0.3 is 15.2 Å². The van der Waals surface area contributed by atoms with Crippen molar-refractivity contribution in [1.82, 2.24) is 5.32 Å². The molecule has 0 aromatic heterocycles. The van der Waals surface area contributed by atoms with Gasteiger partial charge in [0.05, 0.1) is 24.2 Å². The number of morpholine rings is 1. The van der Waals surface area contributed by atoms with Crippen LogP contribution < -0.4 is 5.32 Å². The quantitative estimate of drug-likeness (QED) is 0.577. The summed E-state index contributed by atoms with van der Waals surface area (Å²) in [5, 5.41) is 23.4. The van der Waals surface area contributed by atoms with Crippen molar-refractivity contribution in [1.29, 1.82) is 0 Å². The molecule has 2 rings (SSSR count). The maximum absolute atomic E-state index is 10.6. The van der Waals surface area contributed by atoms with E-state index in [1.807, 2.05) is 0 Å². The number of phenolic OH excluding ortho intramolecular Hbond substituents is 1. The predicted molar refractivity (Wildman–Crippen MR) is 56.3 cm³/mol. The molecule has 1 aromatic carbocycles. The van der Waals surface area contributed by atoms with Gasteiger partial charge in [0.15, 0.2) is 0 Å². The molecule has 0 radical (unpaired) electrons. The zero-order chi connectivity index (χ0) is 11.5. The summed E-state index contributed by atoms with van der Waals surface area (Å²) in [6.07, 6.45) is 0.